The largest absolute Gasteiger partial charge is 0.445 e. The van der Waals surface area contributed by atoms with Gasteiger partial charge in [0.2, 0.25) is 5.28 Å². The van der Waals surface area contributed by atoms with Crippen molar-refractivity contribution in [2.45, 2.75) is 45.0 Å². The average Bonchev–Trinajstić information content (AvgIpc) is 2.78. The molecule has 0 unspecified atom stereocenters. The van der Waals surface area contributed by atoms with E-state index >= 15 is 0 Å². The van der Waals surface area contributed by atoms with Crippen LogP contribution in [0.25, 0.3) is 0 Å². The van der Waals surface area contributed by atoms with Crippen molar-refractivity contribution < 1.29 is 9.53 Å². The van der Waals surface area contributed by atoms with Crippen LogP contribution in [0.4, 0.5) is 10.6 Å². The molecule has 0 saturated carbocycles. The van der Waals surface area contributed by atoms with Crippen molar-refractivity contribution in [2.75, 3.05) is 24.5 Å². The van der Waals surface area contributed by atoms with E-state index in [1.165, 1.54) is 0 Å². The van der Waals surface area contributed by atoms with Crippen LogP contribution >= 0.6 is 11.6 Å². The predicted molar refractivity (Wildman–Crippen MR) is 117 cm³/mol. The summed E-state index contributed by atoms with van der Waals surface area (Å²) >= 11 is 6.21. The van der Waals surface area contributed by atoms with E-state index in [9.17, 15) is 10.1 Å². The van der Waals surface area contributed by atoms with Gasteiger partial charge in [0.15, 0.2) is 0 Å². The number of rotatable bonds is 4. The number of halogens is 1. The molecule has 9 heteroatoms. The minimum absolute atomic E-state index is 0.0100. The molecule has 2 aliphatic rings. The fourth-order valence-corrected chi connectivity index (χ4v) is 4.37. The second-order valence-corrected chi connectivity index (χ2v) is 8.22. The van der Waals surface area contributed by atoms with Gasteiger partial charge in [-0.2, -0.15) is 5.26 Å². The van der Waals surface area contributed by atoms with Crippen molar-refractivity contribution in [1.82, 2.24) is 20.2 Å². The summed E-state index contributed by atoms with van der Waals surface area (Å²) in [5.41, 5.74) is 2.93. The standard InChI is InChI=1S/C22H25ClN6O2/c1-15-12-29(22(30)31-14-16-5-3-2-4-6-16)17(7-9-24)13-28(15)20-18-8-10-25-11-19(18)26-21(23)27-20/h2-6,15,17,25H,7-8,10-14H2,1H3/t15-,17+/m1/s1. The van der Waals surface area contributed by atoms with E-state index < -0.39 is 6.09 Å². The molecular formula is C22H25ClN6O2. The number of benzene rings is 1. The van der Waals surface area contributed by atoms with Gasteiger partial charge < -0.3 is 19.9 Å². The summed E-state index contributed by atoms with van der Waals surface area (Å²) in [6.45, 7) is 4.69. The van der Waals surface area contributed by atoms with Crippen LogP contribution in [0.3, 0.4) is 0 Å². The lowest BCUT2D eigenvalue weighted by atomic mass is 10.0. The van der Waals surface area contributed by atoms with Gasteiger partial charge in [-0.05, 0) is 37.1 Å². The van der Waals surface area contributed by atoms with E-state index in [0.717, 1.165) is 35.6 Å². The zero-order valence-corrected chi connectivity index (χ0v) is 18.2. The molecule has 0 spiro atoms. The number of nitriles is 1. The second-order valence-electron chi connectivity index (χ2n) is 7.88. The third-order valence-corrected chi connectivity index (χ3v) is 5.94. The van der Waals surface area contributed by atoms with E-state index in [1.807, 2.05) is 37.3 Å². The average molecular weight is 441 g/mol. The van der Waals surface area contributed by atoms with Crippen molar-refractivity contribution >= 4 is 23.5 Å². The maximum atomic E-state index is 12.9. The molecule has 1 amide bonds. The van der Waals surface area contributed by atoms with Crippen molar-refractivity contribution in [3.63, 3.8) is 0 Å². The fraction of sp³-hybridized carbons (Fsp3) is 0.455. The Balaban J connectivity index is 1.53. The van der Waals surface area contributed by atoms with Crippen LogP contribution in [-0.4, -0.2) is 52.7 Å². The summed E-state index contributed by atoms with van der Waals surface area (Å²) in [4.78, 5) is 25.6. The Bertz CT molecular complexity index is 980. The summed E-state index contributed by atoms with van der Waals surface area (Å²) in [6, 6.07) is 11.5. The lowest BCUT2D eigenvalue weighted by molar-refractivity contribution is 0.0709. The number of nitrogens with zero attached hydrogens (tertiary/aromatic N) is 5. The van der Waals surface area contributed by atoms with Crippen LogP contribution < -0.4 is 10.2 Å². The molecule has 4 rings (SSSR count). The number of hydrogen-bond acceptors (Lipinski definition) is 7. The van der Waals surface area contributed by atoms with Gasteiger partial charge in [-0.1, -0.05) is 30.3 Å². The number of aromatic nitrogens is 2. The summed E-state index contributed by atoms with van der Waals surface area (Å²) < 4.78 is 5.55. The normalized spacial score (nSPS) is 20.7. The molecule has 2 aliphatic heterocycles. The van der Waals surface area contributed by atoms with E-state index in [1.54, 1.807) is 4.90 Å². The Morgan fingerprint density at radius 2 is 2.13 bits per heavy atom. The molecule has 2 atom stereocenters. The number of carbonyl (C=O) groups excluding carboxylic acids is 1. The first-order valence-electron chi connectivity index (χ1n) is 10.4. The third kappa shape index (κ3) is 4.73. The molecule has 162 valence electrons. The van der Waals surface area contributed by atoms with Crippen LogP contribution in [0.1, 0.15) is 30.2 Å². The van der Waals surface area contributed by atoms with Gasteiger partial charge >= 0.3 is 6.09 Å². The van der Waals surface area contributed by atoms with Crippen LogP contribution in [0.15, 0.2) is 30.3 Å². The van der Waals surface area contributed by atoms with Crippen LogP contribution in [-0.2, 0) is 24.3 Å². The number of fused-ring (bicyclic) bond motifs is 1. The molecule has 3 heterocycles. The Hall–Kier alpha value is -2.89. The number of carbonyl (C=O) groups is 1. The highest BCUT2D eigenvalue weighted by Gasteiger charge is 2.37. The molecular weight excluding hydrogens is 416 g/mol. The molecule has 1 aromatic carbocycles. The monoisotopic (exact) mass is 440 g/mol. The van der Waals surface area contributed by atoms with Crippen molar-refractivity contribution in [3.8, 4) is 6.07 Å². The molecule has 0 aliphatic carbocycles. The topological polar surface area (TPSA) is 94.4 Å². The third-order valence-electron chi connectivity index (χ3n) is 5.77. The highest BCUT2D eigenvalue weighted by Crippen LogP contribution is 2.30. The number of nitrogens with one attached hydrogen (secondary N) is 1. The number of hydrogen-bond donors (Lipinski definition) is 1. The van der Waals surface area contributed by atoms with Crippen molar-refractivity contribution in [2.24, 2.45) is 0 Å². The minimum Gasteiger partial charge on any atom is -0.445 e. The molecule has 1 aromatic heterocycles. The van der Waals surface area contributed by atoms with Gasteiger partial charge in [-0.15, -0.1) is 0 Å². The molecule has 1 N–H and O–H groups in total. The summed E-state index contributed by atoms with van der Waals surface area (Å²) in [7, 11) is 0. The Morgan fingerprint density at radius 3 is 2.90 bits per heavy atom. The number of piperazine rings is 1. The Labute approximate surface area is 186 Å². The molecule has 31 heavy (non-hydrogen) atoms. The molecule has 1 fully saturated rings. The lowest BCUT2D eigenvalue weighted by Crippen LogP contribution is -2.59. The number of ether oxygens (including phenoxy) is 1. The first kappa shape index (κ1) is 21.3. The summed E-state index contributed by atoms with van der Waals surface area (Å²) in [5.74, 6) is 0.809. The Kier molecular flexibility index (Phi) is 6.54. The predicted octanol–water partition coefficient (Wildman–Crippen LogP) is 2.91. The highest BCUT2D eigenvalue weighted by molar-refractivity contribution is 6.28. The zero-order chi connectivity index (χ0) is 21.8. The SMILES string of the molecule is C[C@@H]1CN(C(=O)OCc2ccccc2)[C@@H](CC#N)CN1c1nc(Cl)nc2c1CCNC2. The van der Waals surface area contributed by atoms with Crippen LogP contribution in [0.5, 0.6) is 0 Å². The fourth-order valence-electron chi connectivity index (χ4n) is 4.19. The Morgan fingerprint density at radius 1 is 1.32 bits per heavy atom. The molecule has 2 aromatic rings. The number of anilines is 1. The van der Waals surface area contributed by atoms with Gasteiger partial charge in [0, 0.05) is 31.2 Å². The quantitative estimate of drug-likeness (QED) is 0.730. The molecule has 1 saturated heterocycles. The van der Waals surface area contributed by atoms with Crippen molar-refractivity contribution in [3.05, 3.63) is 52.4 Å². The first-order chi connectivity index (χ1) is 15.1. The second kappa shape index (κ2) is 9.50. The highest BCUT2D eigenvalue weighted by atomic mass is 35.5. The zero-order valence-electron chi connectivity index (χ0n) is 17.4. The molecule has 0 radical (unpaired) electrons. The molecule has 0 bridgehead atoms. The number of amides is 1. The van der Waals surface area contributed by atoms with Crippen LogP contribution in [0, 0.1) is 11.3 Å². The van der Waals surface area contributed by atoms with Gasteiger partial charge in [-0.3, -0.25) is 0 Å². The van der Waals surface area contributed by atoms with E-state index in [0.29, 0.717) is 19.6 Å². The van der Waals surface area contributed by atoms with Gasteiger partial charge in [-0.25, -0.2) is 14.8 Å². The summed E-state index contributed by atoms with van der Waals surface area (Å²) in [6.07, 6.45) is 0.630. The first-order valence-corrected chi connectivity index (χ1v) is 10.8. The van der Waals surface area contributed by atoms with E-state index in [4.69, 9.17) is 16.3 Å². The minimum atomic E-state index is -0.400. The maximum absolute atomic E-state index is 12.9. The maximum Gasteiger partial charge on any atom is 0.410 e. The van der Waals surface area contributed by atoms with E-state index in [-0.39, 0.29) is 30.4 Å². The smallest absolute Gasteiger partial charge is 0.410 e. The molecule has 8 nitrogen and oxygen atoms in total. The van der Waals surface area contributed by atoms with E-state index in [2.05, 4.69) is 26.3 Å². The lowest BCUT2D eigenvalue weighted by Gasteiger charge is -2.45. The summed E-state index contributed by atoms with van der Waals surface area (Å²) in [5, 5.41) is 12.9. The van der Waals surface area contributed by atoms with Gasteiger partial charge in [0.1, 0.15) is 12.4 Å². The van der Waals surface area contributed by atoms with Gasteiger partial charge in [0.05, 0.1) is 24.2 Å². The van der Waals surface area contributed by atoms with Gasteiger partial charge in [0.25, 0.3) is 0 Å². The van der Waals surface area contributed by atoms with Crippen molar-refractivity contribution in [1.29, 1.82) is 5.26 Å². The van der Waals surface area contributed by atoms with Crippen LogP contribution in [0.2, 0.25) is 5.28 Å².